The summed E-state index contributed by atoms with van der Waals surface area (Å²) in [6.07, 6.45) is 6.20. The van der Waals surface area contributed by atoms with E-state index in [9.17, 15) is 8.42 Å². The molecule has 10 heteroatoms. The van der Waals surface area contributed by atoms with Gasteiger partial charge < -0.3 is 15.4 Å². The van der Waals surface area contributed by atoms with E-state index in [0.717, 1.165) is 50.9 Å². The first kappa shape index (κ1) is 26.3. The van der Waals surface area contributed by atoms with Gasteiger partial charge in [0.25, 0.3) is 0 Å². The molecule has 0 unspecified atom stereocenters. The van der Waals surface area contributed by atoms with Crippen LogP contribution in [0.1, 0.15) is 44.6 Å². The van der Waals surface area contributed by atoms with Crippen molar-refractivity contribution in [2.24, 2.45) is 10.1 Å². The van der Waals surface area contributed by atoms with Crippen molar-refractivity contribution in [3.8, 4) is 0 Å². The second-order valence-corrected chi connectivity index (χ2v) is 9.69. The topological polar surface area (TPSA) is 109 Å². The van der Waals surface area contributed by atoms with Crippen LogP contribution in [0.3, 0.4) is 0 Å². The third-order valence-electron chi connectivity index (χ3n) is 6.04. The van der Waals surface area contributed by atoms with Crippen molar-refractivity contribution in [1.29, 1.82) is 0 Å². The molecule has 3 rings (SSSR count). The van der Waals surface area contributed by atoms with Crippen molar-refractivity contribution in [1.82, 2.24) is 15.5 Å². The molecule has 0 bridgehead atoms. The van der Waals surface area contributed by atoms with Gasteiger partial charge in [-0.25, -0.2) is 18.5 Å². The number of nitrogens with zero attached hydrogens (tertiary/aromatic N) is 2. The Morgan fingerprint density at radius 3 is 2.55 bits per heavy atom. The molecule has 176 valence electrons. The van der Waals surface area contributed by atoms with Gasteiger partial charge in [0.1, 0.15) is 0 Å². The van der Waals surface area contributed by atoms with Gasteiger partial charge in [-0.05, 0) is 37.5 Å². The number of guanidine groups is 1. The van der Waals surface area contributed by atoms with E-state index in [1.807, 2.05) is 13.0 Å². The maximum Gasteiger partial charge on any atom is 0.238 e. The number of nitrogens with one attached hydrogen (secondary N) is 2. The summed E-state index contributed by atoms with van der Waals surface area (Å²) < 4.78 is 28.8. The molecule has 0 aromatic heterocycles. The Morgan fingerprint density at radius 2 is 1.90 bits per heavy atom. The number of sulfonamides is 1. The maximum atomic E-state index is 11.6. The van der Waals surface area contributed by atoms with E-state index < -0.39 is 10.0 Å². The van der Waals surface area contributed by atoms with E-state index in [2.05, 4.69) is 20.5 Å². The van der Waals surface area contributed by atoms with Crippen LogP contribution in [-0.4, -0.2) is 64.2 Å². The molecule has 4 N–H and O–H groups in total. The lowest BCUT2D eigenvalue weighted by atomic mass is 9.80. The van der Waals surface area contributed by atoms with Crippen LogP contribution < -0.4 is 15.8 Å². The van der Waals surface area contributed by atoms with Crippen LogP contribution in [0, 0.1) is 0 Å². The molecule has 1 saturated carbocycles. The van der Waals surface area contributed by atoms with E-state index >= 15 is 0 Å². The van der Waals surface area contributed by atoms with Crippen LogP contribution in [0.2, 0.25) is 0 Å². The highest BCUT2D eigenvalue weighted by molar-refractivity contribution is 14.0. The molecule has 1 aromatic rings. The van der Waals surface area contributed by atoms with E-state index in [1.165, 1.54) is 38.2 Å². The van der Waals surface area contributed by atoms with E-state index in [4.69, 9.17) is 9.88 Å². The Labute approximate surface area is 203 Å². The van der Waals surface area contributed by atoms with Gasteiger partial charge >= 0.3 is 0 Å². The molecule has 1 saturated heterocycles. The molecule has 0 spiro atoms. The standard InChI is InChI=1S/C21H35N5O3S.HI/c1-2-23-20(24-16-18-7-6-8-19(15-18)30(22,27)28)25-17-21(9-4-3-5-10-21)26-11-13-29-14-12-26;/h6-8,15H,2-5,9-14,16-17H2,1H3,(H2,22,27,28)(H2,23,24,25);1H. The molecule has 2 aliphatic rings. The van der Waals surface area contributed by atoms with Crippen LogP contribution in [0.15, 0.2) is 34.2 Å². The van der Waals surface area contributed by atoms with Gasteiger partial charge in [0.05, 0.1) is 24.7 Å². The summed E-state index contributed by atoms with van der Waals surface area (Å²) in [5, 5.41) is 12.1. The van der Waals surface area contributed by atoms with Crippen LogP contribution in [0.25, 0.3) is 0 Å². The van der Waals surface area contributed by atoms with Gasteiger partial charge in [-0.3, -0.25) is 4.90 Å². The number of ether oxygens (including phenoxy) is 1. The van der Waals surface area contributed by atoms with Crippen LogP contribution >= 0.6 is 24.0 Å². The highest BCUT2D eigenvalue weighted by atomic mass is 127. The number of halogens is 1. The largest absolute Gasteiger partial charge is 0.379 e. The van der Waals surface area contributed by atoms with Crippen LogP contribution in [0.4, 0.5) is 0 Å². The predicted octanol–water partition coefficient (Wildman–Crippen LogP) is 2.04. The highest BCUT2D eigenvalue weighted by Crippen LogP contribution is 2.33. The SMILES string of the molecule is CCNC(=NCc1cccc(S(N)(=O)=O)c1)NCC1(N2CCOCC2)CCCCC1.I. The lowest BCUT2D eigenvalue weighted by Gasteiger charge is -2.48. The van der Waals surface area contributed by atoms with E-state index in [0.29, 0.717) is 6.54 Å². The average molecular weight is 566 g/mol. The fraction of sp³-hybridized carbons (Fsp3) is 0.667. The molecule has 1 aromatic carbocycles. The van der Waals surface area contributed by atoms with Gasteiger partial charge in [0.2, 0.25) is 10.0 Å². The van der Waals surface area contributed by atoms with Crippen LogP contribution in [-0.2, 0) is 21.3 Å². The summed E-state index contributed by atoms with van der Waals surface area (Å²) >= 11 is 0. The molecular weight excluding hydrogens is 529 g/mol. The van der Waals surface area contributed by atoms with Gasteiger partial charge in [-0.15, -0.1) is 24.0 Å². The summed E-state index contributed by atoms with van der Waals surface area (Å²) in [4.78, 5) is 7.39. The summed E-state index contributed by atoms with van der Waals surface area (Å²) in [5.74, 6) is 0.747. The molecular formula is C21H36IN5O3S. The molecule has 0 radical (unpaired) electrons. The molecule has 8 nitrogen and oxygen atoms in total. The zero-order valence-electron chi connectivity index (χ0n) is 18.3. The molecule has 1 heterocycles. The van der Waals surface area contributed by atoms with Crippen LogP contribution in [0.5, 0.6) is 0 Å². The number of aliphatic imine (C=N–C) groups is 1. The molecule has 2 fully saturated rings. The third kappa shape index (κ3) is 7.55. The van der Waals surface area contributed by atoms with Gasteiger partial charge in [-0.1, -0.05) is 31.4 Å². The fourth-order valence-corrected chi connectivity index (χ4v) is 5.02. The van der Waals surface area contributed by atoms with Gasteiger partial charge in [-0.2, -0.15) is 0 Å². The molecule has 31 heavy (non-hydrogen) atoms. The van der Waals surface area contributed by atoms with Gasteiger partial charge in [0.15, 0.2) is 5.96 Å². The number of nitrogens with two attached hydrogens (primary N) is 1. The summed E-state index contributed by atoms with van der Waals surface area (Å²) in [7, 11) is -3.71. The summed E-state index contributed by atoms with van der Waals surface area (Å²) in [5.41, 5.74) is 0.950. The normalized spacial score (nSPS) is 20.0. The minimum Gasteiger partial charge on any atom is -0.379 e. The van der Waals surface area contributed by atoms with Crippen molar-refractivity contribution in [3.05, 3.63) is 29.8 Å². The number of hydrogen-bond donors (Lipinski definition) is 3. The minimum atomic E-state index is -3.71. The van der Waals surface area contributed by atoms with Crippen molar-refractivity contribution < 1.29 is 13.2 Å². The Kier molecular flexibility index (Phi) is 10.5. The third-order valence-corrected chi connectivity index (χ3v) is 6.95. The first-order valence-electron chi connectivity index (χ1n) is 10.9. The predicted molar refractivity (Wildman–Crippen MR) is 134 cm³/mol. The number of benzene rings is 1. The first-order chi connectivity index (χ1) is 14.4. The minimum absolute atomic E-state index is 0. The average Bonchev–Trinajstić information content (AvgIpc) is 2.76. The molecule has 1 aliphatic heterocycles. The number of morpholine rings is 1. The second-order valence-electron chi connectivity index (χ2n) is 8.13. The summed E-state index contributed by atoms with van der Waals surface area (Å²) in [6, 6.07) is 6.64. The lowest BCUT2D eigenvalue weighted by Crippen LogP contribution is -2.60. The van der Waals surface area contributed by atoms with Gasteiger partial charge in [0, 0.05) is 31.7 Å². The Balaban J connectivity index is 0.00000341. The fourth-order valence-electron chi connectivity index (χ4n) is 4.43. The van der Waals surface area contributed by atoms with Crippen molar-refractivity contribution in [3.63, 3.8) is 0 Å². The molecule has 0 atom stereocenters. The van der Waals surface area contributed by atoms with Crippen molar-refractivity contribution in [2.45, 2.75) is 56.0 Å². The molecule has 0 amide bonds. The zero-order chi connectivity index (χ0) is 21.5. The van der Waals surface area contributed by atoms with Crippen molar-refractivity contribution >= 4 is 40.0 Å². The summed E-state index contributed by atoms with van der Waals surface area (Å²) in [6.45, 7) is 7.59. The highest BCUT2D eigenvalue weighted by Gasteiger charge is 2.38. The Hall–Kier alpha value is -0.950. The zero-order valence-corrected chi connectivity index (χ0v) is 21.5. The molecule has 1 aliphatic carbocycles. The maximum absolute atomic E-state index is 11.6. The lowest BCUT2D eigenvalue weighted by molar-refractivity contribution is -0.0352. The number of primary sulfonamides is 1. The Bertz CT molecular complexity index is 822. The monoisotopic (exact) mass is 565 g/mol. The quantitative estimate of drug-likeness (QED) is 0.265. The second kappa shape index (κ2) is 12.3. The van der Waals surface area contributed by atoms with E-state index in [-0.39, 0.29) is 34.4 Å². The van der Waals surface area contributed by atoms with E-state index in [1.54, 1.807) is 12.1 Å². The number of hydrogen-bond acceptors (Lipinski definition) is 5. The van der Waals surface area contributed by atoms with Crippen molar-refractivity contribution in [2.75, 3.05) is 39.4 Å². The number of rotatable bonds is 7. The smallest absolute Gasteiger partial charge is 0.238 e. The first-order valence-corrected chi connectivity index (χ1v) is 12.4. The Morgan fingerprint density at radius 1 is 1.19 bits per heavy atom.